The van der Waals surface area contributed by atoms with Gasteiger partial charge in [0.1, 0.15) is 16.5 Å². The van der Waals surface area contributed by atoms with Gasteiger partial charge in [-0.05, 0) is 89.7 Å². The van der Waals surface area contributed by atoms with Crippen molar-refractivity contribution in [1.82, 2.24) is 0 Å². The number of nitrogens with one attached hydrogen (secondary N) is 1. The molecule has 0 bridgehead atoms. The van der Waals surface area contributed by atoms with Crippen molar-refractivity contribution in [3.8, 4) is 17.6 Å². The predicted octanol–water partition coefficient (Wildman–Crippen LogP) is 4.79. The van der Waals surface area contributed by atoms with Gasteiger partial charge in [-0.3, -0.25) is 4.79 Å². The van der Waals surface area contributed by atoms with Crippen molar-refractivity contribution in [1.29, 1.82) is 5.26 Å². The highest BCUT2D eigenvalue weighted by Gasteiger charge is 2.22. The van der Waals surface area contributed by atoms with Crippen LogP contribution in [0.1, 0.15) is 22.8 Å². The molecule has 37 heavy (non-hydrogen) atoms. The molecule has 3 aromatic rings. The van der Waals surface area contributed by atoms with E-state index in [4.69, 9.17) is 8.92 Å². The van der Waals surface area contributed by atoms with Gasteiger partial charge in [-0.15, -0.1) is 0 Å². The van der Waals surface area contributed by atoms with Crippen molar-refractivity contribution in [3.63, 3.8) is 0 Å². The van der Waals surface area contributed by atoms with Gasteiger partial charge in [-0.25, -0.2) is 4.79 Å². The Labute approximate surface area is 227 Å². The number of carbonyl (C=O) groups is 2. The summed E-state index contributed by atoms with van der Waals surface area (Å²) in [6, 6.07) is 18.6. The molecule has 11 heteroatoms. The van der Waals surface area contributed by atoms with Gasteiger partial charge in [0.25, 0.3) is 5.91 Å². The van der Waals surface area contributed by atoms with Gasteiger partial charge < -0.3 is 19.0 Å². The van der Waals surface area contributed by atoms with Crippen molar-refractivity contribution >= 4 is 56.3 Å². The van der Waals surface area contributed by atoms with Crippen molar-refractivity contribution in [2.45, 2.75) is 11.8 Å². The summed E-state index contributed by atoms with van der Waals surface area (Å²) in [4.78, 5) is 24.2. The molecule has 0 radical (unpaired) electrons. The second kappa shape index (κ2) is 12.4. The number of nitrogens with zero attached hydrogens (tertiary/aromatic N) is 1. The SMILES string of the molecule is CCOc1cc(/C=C(\C#N)C(=O)Nc2ccc(C(=O)OC)cc2)cc(I)c1OS(=O)(=O)c1ccccc1. The zero-order valence-electron chi connectivity index (χ0n) is 19.7. The van der Waals surface area contributed by atoms with Gasteiger partial charge >= 0.3 is 16.1 Å². The Bertz CT molecular complexity index is 1480. The van der Waals surface area contributed by atoms with E-state index in [2.05, 4.69) is 10.1 Å². The van der Waals surface area contributed by atoms with Gasteiger partial charge in [-0.2, -0.15) is 13.7 Å². The second-order valence-electron chi connectivity index (χ2n) is 7.31. The maximum Gasteiger partial charge on any atom is 0.339 e. The van der Waals surface area contributed by atoms with E-state index >= 15 is 0 Å². The summed E-state index contributed by atoms with van der Waals surface area (Å²) in [5, 5.41) is 12.2. The van der Waals surface area contributed by atoms with E-state index in [1.807, 2.05) is 28.7 Å². The Hall–Kier alpha value is -3.89. The van der Waals surface area contributed by atoms with E-state index < -0.39 is 22.0 Å². The number of amides is 1. The van der Waals surface area contributed by atoms with Crippen molar-refractivity contribution in [2.75, 3.05) is 19.0 Å². The molecule has 0 saturated heterocycles. The Balaban J connectivity index is 1.88. The molecule has 9 nitrogen and oxygen atoms in total. The number of carbonyl (C=O) groups excluding carboxylic acids is 2. The minimum absolute atomic E-state index is 0.00268. The summed E-state index contributed by atoms with van der Waals surface area (Å²) >= 11 is 1.90. The molecule has 0 aliphatic carbocycles. The van der Waals surface area contributed by atoms with Crippen molar-refractivity contribution < 1.29 is 31.7 Å². The first-order valence-corrected chi connectivity index (χ1v) is 13.2. The van der Waals surface area contributed by atoms with Crippen LogP contribution in [0.5, 0.6) is 11.5 Å². The number of hydrogen-bond acceptors (Lipinski definition) is 8. The van der Waals surface area contributed by atoms with Gasteiger partial charge in [0.05, 0.1) is 22.9 Å². The highest BCUT2D eigenvalue weighted by atomic mass is 127. The molecule has 0 atom stereocenters. The lowest BCUT2D eigenvalue weighted by molar-refractivity contribution is -0.112. The highest BCUT2D eigenvalue weighted by Crippen LogP contribution is 2.37. The average molecular weight is 632 g/mol. The predicted molar refractivity (Wildman–Crippen MR) is 145 cm³/mol. The summed E-state index contributed by atoms with van der Waals surface area (Å²) in [5.41, 5.74) is 0.898. The minimum Gasteiger partial charge on any atom is -0.490 e. The van der Waals surface area contributed by atoms with Gasteiger partial charge in [0.15, 0.2) is 11.5 Å². The molecule has 0 aromatic heterocycles. The number of ether oxygens (including phenoxy) is 2. The van der Waals surface area contributed by atoms with Crippen LogP contribution in [-0.4, -0.2) is 34.0 Å². The standard InChI is InChI=1S/C26H21IN2O7S/c1-3-35-23-15-17(14-22(27)24(23)36-37(32,33)21-7-5-4-6-8-21)13-19(16-28)25(30)29-20-11-9-18(10-12-20)26(31)34-2/h4-15H,3H2,1-2H3,(H,29,30)/b19-13+. The summed E-state index contributed by atoms with van der Waals surface area (Å²) in [6.45, 7) is 1.95. The fourth-order valence-electron chi connectivity index (χ4n) is 3.08. The lowest BCUT2D eigenvalue weighted by Gasteiger charge is -2.14. The summed E-state index contributed by atoms with van der Waals surface area (Å²) in [5.74, 6) is -1.05. The number of nitriles is 1. The Kier molecular flexibility index (Phi) is 9.26. The number of esters is 1. The molecule has 0 aliphatic heterocycles. The lowest BCUT2D eigenvalue weighted by atomic mass is 10.1. The van der Waals surface area contributed by atoms with Gasteiger partial charge in [-0.1, -0.05) is 18.2 Å². The van der Waals surface area contributed by atoms with E-state index in [0.29, 0.717) is 20.4 Å². The quantitative estimate of drug-likeness (QED) is 0.117. The summed E-state index contributed by atoms with van der Waals surface area (Å²) < 4.78 is 41.5. The van der Waals surface area contributed by atoms with Crippen LogP contribution >= 0.6 is 22.6 Å². The zero-order chi connectivity index (χ0) is 27.0. The van der Waals surface area contributed by atoms with Crippen LogP contribution in [0, 0.1) is 14.9 Å². The third-order valence-electron chi connectivity index (χ3n) is 4.80. The molecule has 3 aromatic carbocycles. The molecule has 0 aliphatic rings. The minimum atomic E-state index is -4.12. The van der Waals surface area contributed by atoms with E-state index in [0.717, 1.165) is 0 Å². The molecular weight excluding hydrogens is 611 g/mol. The molecule has 0 fully saturated rings. The van der Waals surface area contributed by atoms with Crippen LogP contribution in [0.2, 0.25) is 0 Å². The maximum atomic E-state index is 12.7. The second-order valence-corrected chi connectivity index (χ2v) is 10.0. The molecule has 0 saturated carbocycles. The Morgan fingerprint density at radius 3 is 2.35 bits per heavy atom. The summed E-state index contributed by atoms with van der Waals surface area (Å²) in [6.07, 6.45) is 1.35. The topological polar surface area (TPSA) is 132 Å². The molecule has 0 spiro atoms. The largest absolute Gasteiger partial charge is 0.490 e. The van der Waals surface area contributed by atoms with Crippen LogP contribution in [0.15, 0.2) is 77.2 Å². The third kappa shape index (κ3) is 7.08. The molecule has 1 amide bonds. The van der Waals surface area contributed by atoms with E-state index in [1.54, 1.807) is 31.2 Å². The summed E-state index contributed by atoms with van der Waals surface area (Å²) in [7, 11) is -2.86. The van der Waals surface area contributed by atoms with E-state index in [-0.39, 0.29) is 28.6 Å². The first kappa shape index (κ1) is 27.7. The number of anilines is 1. The Morgan fingerprint density at radius 2 is 1.76 bits per heavy atom. The smallest absolute Gasteiger partial charge is 0.339 e. The Morgan fingerprint density at radius 1 is 1.08 bits per heavy atom. The number of hydrogen-bond donors (Lipinski definition) is 1. The molecule has 190 valence electrons. The fraction of sp³-hybridized carbons (Fsp3) is 0.115. The molecule has 3 rings (SSSR count). The first-order chi connectivity index (χ1) is 17.7. The van der Waals surface area contributed by atoms with E-state index in [9.17, 15) is 23.3 Å². The van der Waals surface area contributed by atoms with Crippen LogP contribution in [-0.2, 0) is 19.6 Å². The fourth-order valence-corrected chi connectivity index (χ4v) is 4.94. The first-order valence-electron chi connectivity index (χ1n) is 10.8. The maximum absolute atomic E-state index is 12.7. The third-order valence-corrected chi connectivity index (χ3v) is 6.83. The van der Waals surface area contributed by atoms with Crippen molar-refractivity contribution in [2.24, 2.45) is 0 Å². The number of methoxy groups -OCH3 is 1. The molecule has 1 N–H and O–H groups in total. The molecular formula is C26H21IN2O7S. The number of halogens is 1. The van der Waals surface area contributed by atoms with Crippen LogP contribution in [0.3, 0.4) is 0 Å². The van der Waals surface area contributed by atoms with Crippen LogP contribution in [0.25, 0.3) is 6.08 Å². The zero-order valence-corrected chi connectivity index (χ0v) is 22.7. The average Bonchev–Trinajstić information content (AvgIpc) is 2.89. The molecule has 0 unspecified atom stereocenters. The van der Waals surface area contributed by atoms with E-state index in [1.165, 1.54) is 55.7 Å². The monoisotopic (exact) mass is 632 g/mol. The number of benzene rings is 3. The molecule has 0 heterocycles. The van der Waals surface area contributed by atoms with Crippen molar-refractivity contribution in [3.05, 3.63) is 87.0 Å². The lowest BCUT2D eigenvalue weighted by Crippen LogP contribution is -2.14. The van der Waals surface area contributed by atoms with Gasteiger partial charge in [0, 0.05) is 5.69 Å². The van der Waals surface area contributed by atoms with Crippen LogP contribution in [0.4, 0.5) is 5.69 Å². The van der Waals surface area contributed by atoms with Gasteiger partial charge in [0.2, 0.25) is 0 Å². The van der Waals surface area contributed by atoms with Crippen LogP contribution < -0.4 is 14.2 Å². The number of rotatable bonds is 9. The normalized spacial score (nSPS) is 11.2. The highest BCUT2D eigenvalue weighted by molar-refractivity contribution is 14.1.